The van der Waals surface area contributed by atoms with Gasteiger partial charge >= 0.3 is 0 Å². The lowest BCUT2D eigenvalue weighted by Gasteiger charge is -2.12. The molecular weight excluding hydrogens is 308 g/mol. The van der Waals surface area contributed by atoms with Gasteiger partial charge in [0, 0.05) is 34.3 Å². The molecular formula is C19H17ClN2O. The van der Waals surface area contributed by atoms with Gasteiger partial charge in [-0.1, -0.05) is 35.9 Å². The molecule has 116 valence electrons. The van der Waals surface area contributed by atoms with Gasteiger partial charge in [0.1, 0.15) is 0 Å². The lowest BCUT2D eigenvalue weighted by atomic mass is 9.98. The van der Waals surface area contributed by atoms with Crippen LogP contribution in [0.3, 0.4) is 0 Å². The Morgan fingerprint density at radius 3 is 2.70 bits per heavy atom. The number of aldehydes is 1. The first-order chi connectivity index (χ1) is 11.3. The fraction of sp³-hybridized carbons (Fsp3) is 0.211. The Bertz CT molecular complexity index is 861. The van der Waals surface area contributed by atoms with Crippen molar-refractivity contribution in [2.24, 2.45) is 0 Å². The van der Waals surface area contributed by atoms with E-state index in [4.69, 9.17) is 11.6 Å². The molecule has 1 fully saturated rings. The second-order valence-electron chi connectivity index (χ2n) is 6.01. The fourth-order valence-electron chi connectivity index (χ4n) is 3.35. The molecule has 1 aliphatic heterocycles. The molecule has 2 aromatic carbocycles. The molecule has 0 radical (unpaired) electrons. The average Bonchev–Trinajstić information content (AvgIpc) is 3.23. The Labute approximate surface area is 139 Å². The quantitative estimate of drug-likeness (QED) is 0.684. The molecule has 1 aromatic heterocycles. The maximum Gasteiger partial charge on any atom is 0.152 e. The Balaban J connectivity index is 1.75. The van der Waals surface area contributed by atoms with Crippen molar-refractivity contribution in [3.05, 3.63) is 58.7 Å². The SMILES string of the molecule is O=Cc1c[nH]c2cc(Cl)c(-c3ccc(C4CCCN4)cc3)cc12. The number of nitrogens with one attached hydrogen (secondary N) is 2. The Hall–Kier alpha value is -2.10. The molecule has 1 unspecified atom stereocenters. The predicted octanol–water partition coefficient (Wildman–Crippen LogP) is 4.73. The molecule has 3 nitrogen and oxygen atoms in total. The van der Waals surface area contributed by atoms with Crippen molar-refractivity contribution < 1.29 is 4.79 Å². The van der Waals surface area contributed by atoms with Gasteiger partial charge in [-0.15, -0.1) is 0 Å². The van der Waals surface area contributed by atoms with Gasteiger partial charge < -0.3 is 10.3 Å². The highest BCUT2D eigenvalue weighted by molar-refractivity contribution is 6.34. The topological polar surface area (TPSA) is 44.9 Å². The third-order valence-corrected chi connectivity index (χ3v) is 4.93. The number of hydrogen-bond donors (Lipinski definition) is 2. The number of benzene rings is 2. The molecule has 1 atom stereocenters. The number of hydrogen-bond acceptors (Lipinski definition) is 2. The fourth-order valence-corrected chi connectivity index (χ4v) is 3.62. The van der Waals surface area contributed by atoms with Crippen LogP contribution >= 0.6 is 11.6 Å². The van der Waals surface area contributed by atoms with E-state index in [0.29, 0.717) is 16.6 Å². The number of carbonyl (C=O) groups is 1. The van der Waals surface area contributed by atoms with E-state index in [1.807, 2.05) is 12.1 Å². The number of halogens is 1. The first kappa shape index (κ1) is 14.5. The second kappa shape index (κ2) is 5.84. The first-order valence-corrected chi connectivity index (χ1v) is 8.23. The molecule has 2 heterocycles. The van der Waals surface area contributed by atoms with E-state index in [2.05, 4.69) is 34.6 Å². The van der Waals surface area contributed by atoms with Gasteiger partial charge in [-0.25, -0.2) is 0 Å². The molecule has 4 heteroatoms. The van der Waals surface area contributed by atoms with Gasteiger partial charge in [-0.05, 0) is 42.6 Å². The van der Waals surface area contributed by atoms with Crippen molar-refractivity contribution in [2.45, 2.75) is 18.9 Å². The summed E-state index contributed by atoms with van der Waals surface area (Å²) >= 11 is 6.44. The van der Waals surface area contributed by atoms with Crippen molar-refractivity contribution >= 4 is 28.8 Å². The zero-order chi connectivity index (χ0) is 15.8. The minimum atomic E-state index is 0.466. The maximum atomic E-state index is 11.1. The summed E-state index contributed by atoms with van der Waals surface area (Å²) in [4.78, 5) is 14.2. The third kappa shape index (κ3) is 2.56. The number of H-pyrrole nitrogens is 1. The lowest BCUT2D eigenvalue weighted by molar-refractivity contribution is 0.112. The number of rotatable bonds is 3. The molecule has 23 heavy (non-hydrogen) atoms. The Morgan fingerprint density at radius 2 is 2.00 bits per heavy atom. The van der Waals surface area contributed by atoms with Crippen molar-refractivity contribution in [1.29, 1.82) is 0 Å². The molecule has 3 aromatic rings. The third-order valence-electron chi connectivity index (χ3n) is 4.61. The number of carbonyl (C=O) groups excluding carboxylic acids is 1. The van der Waals surface area contributed by atoms with E-state index >= 15 is 0 Å². The molecule has 0 saturated carbocycles. The molecule has 1 aliphatic rings. The van der Waals surface area contributed by atoms with Crippen LogP contribution in [0, 0.1) is 0 Å². The molecule has 0 amide bonds. The van der Waals surface area contributed by atoms with Crippen molar-refractivity contribution in [3.63, 3.8) is 0 Å². The minimum absolute atomic E-state index is 0.466. The van der Waals surface area contributed by atoms with Crippen LogP contribution in [0.2, 0.25) is 5.02 Å². The first-order valence-electron chi connectivity index (χ1n) is 7.86. The summed E-state index contributed by atoms with van der Waals surface area (Å²) in [5, 5.41) is 5.10. The predicted molar refractivity (Wildman–Crippen MR) is 94.1 cm³/mol. The van der Waals surface area contributed by atoms with Crippen LogP contribution in [-0.4, -0.2) is 17.8 Å². The van der Waals surface area contributed by atoms with E-state index in [1.165, 1.54) is 18.4 Å². The summed E-state index contributed by atoms with van der Waals surface area (Å²) < 4.78 is 0. The maximum absolute atomic E-state index is 11.1. The van der Waals surface area contributed by atoms with Gasteiger partial charge in [0.25, 0.3) is 0 Å². The lowest BCUT2D eigenvalue weighted by Crippen LogP contribution is -2.12. The molecule has 1 saturated heterocycles. The summed E-state index contributed by atoms with van der Waals surface area (Å²) in [6, 6.07) is 12.9. The van der Waals surface area contributed by atoms with Crippen LogP contribution in [0.15, 0.2) is 42.6 Å². The zero-order valence-electron chi connectivity index (χ0n) is 12.6. The highest BCUT2D eigenvalue weighted by atomic mass is 35.5. The van der Waals surface area contributed by atoms with E-state index in [9.17, 15) is 4.79 Å². The van der Waals surface area contributed by atoms with Crippen LogP contribution in [0.1, 0.15) is 34.8 Å². The Morgan fingerprint density at radius 1 is 1.17 bits per heavy atom. The monoisotopic (exact) mass is 324 g/mol. The number of aromatic amines is 1. The molecule has 4 rings (SSSR count). The zero-order valence-corrected chi connectivity index (χ0v) is 13.4. The van der Waals surface area contributed by atoms with Crippen LogP contribution in [0.25, 0.3) is 22.0 Å². The van der Waals surface area contributed by atoms with Crippen molar-refractivity contribution in [3.8, 4) is 11.1 Å². The van der Waals surface area contributed by atoms with E-state index in [-0.39, 0.29) is 0 Å². The highest BCUT2D eigenvalue weighted by Crippen LogP contribution is 2.34. The molecule has 0 aliphatic carbocycles. The van der Waals surface area contributed by atoms with Gasteiger partial charge in [0.05, 0.1) is 5.02 Å². The highest BCUT2D eigenvalue weighted by Gasteiger charge is 2.16. The van der Waals surface area contributed by atoms with Crippen LogP contribution in [0.4, 0.5) is 0 Å². The normalized spacial score (nSPS) is 17.7. The van der Waals surface area contributed by atoms with Crippen molar-refractivity contribution in [1.82, 2.24) is 10.3 Å². The average molecular weight is 325 g/mol. The van der Waals surface area contributed by atoms with Gasteiger partial charge in [-0.2, -0.15) is 0 Å². The molecule has 0 bridgehead atoms. The summed E-state index contributed by atoms with van der Waals surface area (Å²) in [5.74, 6) is 0. The number of aromatic nitrogens is 1. The van der Waals surface area contributed by atoms with E-state index in [0.717, 1.165) is 34.9 Å². The van der Waals surface area contributed by atoms with Crippen LogP contribution in [-0.2, 0) is 0 Å². The largest absolute Gasteiger partial charge is 0.360 e. The summed E-state index contributed by atoms with van der Waals surface area (Å²) in [7, 11) is 0. The van der Waals surface area contributed by atoms with Gasteiger partial charge in [0.15, 0.2) is 6.29 Å². The molecule has 0 spiro atoms. The summed E-state index contributed by atoms with van der Waals surface area (Å²) in [6.45, 7) is 1.09. The minimum Gasteiger partial charge on any atom is -0.360 e. The molecule has 2 N–H and O–H groups in total. The van der Waals surface area contributed by atoms with Crippen molar-refractivity contribution in [2.75, 3.05) is 6.54 Å². The summed E-state index contributed by atoms with van der Waals surface area (Å²) in [6.07, 6.45) is 5.01. The Kier molecular flexibility index (Phi) is 3.68. The van der Waals surface area contributed by atoms with E-state index in [1.54, 1.807) is 6.20 Å². The number of fused-ring (bicyclic) bond motifs is 1. The van der Waals surface area contributed by atoms with Crippen LogP contribution < -0.4 is 5.32 Å². The van der Waals surface area contributed by atoms with Crippen LogP contribution in [0.5, 0.6) is 0 Å². The van der Waals surface area contributed by atoms with E-state index < -0.39 is 0 Å². The standard InChI is InChI=1S/C19H17ClN2O/c20-17-9-19-16(14(11-23)10-22-19)8-15(17)12-3-5-13(6-4-12)18-2-1-7-21-18/h3-6,8-11,18,21-22H,1-2,7H2. The summed E-state index contributed by atoms with van der Waals surface area (Å²) in [5.41, 5.74) is 4.88. The van der Waals surface area contributed by atoms with Gasteiger partial charge in [-0.3, -0.25) is 4.79 Å². The smallest absolute Gasteiger partial charge is 0.152 e. The second-order valence-corrected chi connectivity index (χ2v) is 6.42. The van der Waals surface area contributed by atoms with Gasteiger partial charge in [0.2, 0.25) is 0 Å².